The first-order valence-corrected chi connectivity index (χ1v) is 9.66. The van der Waals surface area contributed by atoms with Gasteiger partial charge in [-0.2, -0.15) is 0 Å². The van der Waals surface area contributed by atoms with Crippen molar-refractivity contribution in [1.82, 2.24) is 24.8 Å². The smallest absolute Gasteiger partial charge is 0.183 e. The molecule has 3 aromatic rings. The number of aromatic nitrogens is 4. The van der Waals surface area contributed by atoms with E-state index in [1.807, 2.05) is 0 Å². The highest BCUT2D eigenvalue weighted by molar-refractivity contribution is 7.98. The highest BCUT2D eigenvalue weighted by Gasteiger charge is 2.11. The summed E-state index contributed by atoms with van der Waals surface area (Å²) in [5.41, 5.74) is 9.87. The number of hydrogen-bond donors (Lipinski definition) is 2. The van der Waals surface area contributed by atoms with Crippen molar-refractivity contribution in [2.24, 2.45) is 0 Å². The van der Waals surface area contributed by atoms with Crippen LogP contribution in [0.4, 0.5) is 5.82 Å². The number of nitrogen functional groups attached to an aromatic ring is 1. The molecular formula is C18H22N6S. The van der Waals surface area contributed by atoms with Gasteiger partial charge in [0.25, 0.3) is 0 Å². The van der Waals surface area contributed by atoms with Crippen molar-refractivity contribution < 1.29 is 0 Å². The number of nitrogens with one attached hydrogen (secondary N) is 1. The van der Waals surface area contributed by atoms with Gasteiger partial charge in [0.1, 0.15) is 11.8 Å². The molecule has 0 saturated carbocycles. The lowest BCUT2D eigenvalue weighted by atomic mass is 10.1. The lowest BCUT2D eigenvalue weighted by Crippen LogP contribution is -2.29. The summed E-state index contributed by atoms with van der Waals surface area (Å²) in [6.45, 7) is 3.50. The van der Waals surface area contributed by atoms with Crippen LogP contribution in [0.5, 0.6) is 0 Å². The molecule has 6 nitrogen and oxygen atoms in total. The fraction of sp³-hybridized carbons (Fsp3) is 0.389. The van der Waals surface area contributed by atoms with Crippen molar-refractivity contribution in [2.45, 2.75) is 36.7 Å². The second-order valence-corrected chi connectivity index (χ2v) is 7.41. The van der Waals surface area contributed by atoms with Crippen LogP contribution in [0.2, 0.25) is 0 Å². The zero-order valence-corrected chi connectivity index (χ0v) is 14.9. The minimum absolute atomic E-state index is 0.438. The average Bonchev–Trinajstić information content (AvgIpc) is 3.06. The molecule has 0 aliphatic carbocycles. The van der Waals surface area contributed by atoms with E-state index in [4.69, 9.17) is 5.73 Å². The van der Waals surface area contributed by atoms with Crippen molar-refractivity contribution in [3.05, 3.63) is 41.7 Å². The summed E-state index contributed by atoms with van der Waals surface area (Å²) >= 11 is 1.66. The van der Waals surface area contributed by atoms with E-state index in [0.717, 1.165) is 17.5 Å². The number of H-pyrrole nitrogens is 1. The first-order chi connectivity index (χ1) is 12.3. The molecule has 4 rings (SSSR count). The maximum absolute atomic E-state index is 5.85. The van der Waals surface area contributed by atoms with Gasteiger partial charge >= 0.3 is 0 Å². The molecule has 0 amide bonds. The first kappa shape index (κ1) is 16.4. The van der Waals surface area contributed by atoms with E-state index in [1.165, 1.54) is 49.8 Å². The Hall–Kier alpha value is -2.12. The molecule has 2 aromatic heterocycles. The van der Waals surface area contributed by atoms with Crippen molar-refractivity contribution >= 4 is 28.7 Å². The average molecular weight is 354 g/mol. The van der Waals surface area contributed by atoms with Gasteiger partial charge in [0.15, 0.2) is 16.6 Å². The Morgan fingerprint density at radius 1 is 1.12 bits per heavy atom. The maximum Gasteiger partial charge on any atom is 0.183 e. The third-order valence-electron chi connectivity index (χ3n) is 4.52. The van der Waals surface area contributed by atoms with Crippen LogP contribution in [0.1, 0.15) is 30.4 Å². The maximum atomic E-state index is 5.85. The lowest BCUT2D eigenvalue weighted by Gasteiger charge is -2.26. The third kappa shape index (κ3) is 3.93. The van der Waals surface area contributed by atoms with Crippen molar-refractivity contribution in [2.75, 3.05) is 18.8 Å². The minimum Gasteiger partial charge on any atom is -0.382 e. The fourth-order valence-corrected chi connectivity index (χ4v) is 4.05. The molecule has 3 heterocycles. The molecule has 3 N–H and O–H groups in total. The molecule has 7 heteroatoms. The number of nitrogens with two attached hydrogens (primary N) is 1. The van der Waals surface area contributed by atoms with E-state index < -0.39 is 0 Å². The molecule has 0 spiro atoms. The summed E-state index contributed by atoms with van der Waals surface area (Å²) in [6, 6.07) is 8.85. The van der Waals surface area contributed by atoms with Crippen LogP contribution in [0.15, 0.2) is 35.7 Å². The van der Waals surface area contributed by atoms with Crippen LogP contribution >= 0.6 is 11.8 Å². The predicted octanol–water partition coefficient (Wildman–Crippen LogP) is 3.21. The summed E-state index contributed by atoms with van der Waals surface area (Å²) in [5.74, 6) is 1.30. The van der Waals surface area contributed by atoms with Crippen LogP contribution < -0.4 is 5.73 Å². The zero-order chi connectivity index (χ0) is 17.1. The predicted molar refractivity (Wildman–Crippen MR) is 101 cm³/mol. The van der Waals surface area contributed by atoms with Crippen LogP contribution in [0, 0.1) is 0 Å². The second-order valence-electron chi connectivity index (χ2n) is 6.44. The Labute approximate surface area is 151 Å². The number of aromatic amines is 1. The van der Waals surface area contributed by atoms with E-state index in [9.17, 15) is 0 Å². The molecular weight excluding hydrogens is 332 g/mol. The Balaban J connectivity index is 1.41. The van der Waals surface area contributed by atoms with E-state index in [-0.39, 0.29) is 0 Å². The number of thioether (sulfide) groups is 1. The summed E-state index contributed by atoms with van der Waals surface area (Å²) in [4.78, 5) is 18.4. The standard InChI is InChI=1S/C18H22N6S/c19-16-15-17(21-12-20-16)23-18(22-15)25-11-14-6-4-5-13(9-14)10-24-7-2-1-3-8-24/h4-6,9,12H,1-3,7-8,10-11H2,(H3,19,20,21,22,23). The number of fused-ring (bicyclic) bond motifs is 1. The summed E-state index contributed by atoms with van der Waals surface area (Å²) in [5, 5.41) is 0.823. The summed E-state index contributed by atoms with van der Waals surface area (Å²) in [7, 11) is 0. The SMILES string of the molecule is Nc1ncnc2nc(SCc3cccc(CN4CCCCC4)c3)[nH]c12. The second kappa shape index (κ2) is 7.41. The van der Waals surface area contributed by atoms with Crippen LogP contribution in [0.25, 0.3) is 11.2 Å². The molecule has 0 atom stereocenters. The summed E-state index contributed by atoms with van der Waals surface area (Å²) in [6.07, 6.45) is 5.47. The van der Waals surface area contributed by atoms with Crippen LogP contribution in [-0.2, 0) is 12.3 Å². The molecule has 1 aliphatic rings. The number of likely N-dealkylation sites (tertiary alicyclic amines) is 1. The number of imidazole rings is 1. The van der Waals surface area contributed by atoms with E-state index in [2.05, 4.69) is 49.1 Å². The molecule has 1 saturated heterocycles. The molecule has 0 bridgehead atoms. The third-order valence-corrected chi connectivity index (χ3v) is 5.46. The largest absolute Gasteiger partial charge is 0.382 e. The van der Waals surface area contributed by atoms with Gasteiger partial charge in [-0.15, -0.1) is 0 Å². The van der Waals surface area contributed by atoms with Gasteiger partial charge in [-0.3, -0.25) is 4.90 Å². The Morgan fingerprint density at radius 2 is 1.96 bits per heavy atom. The lowest BCUT2D eigenvalue weighted by molar-refractivity contribution is 0.221. The Morgan fingerprint density at radius 3 is 2.80 bits per heavy atom. The Bertz CT molecular complexity index is 856. The molecule has 1 aromatic carbocycles. The highest BCUT2D eigenvalue weighted by atomic mass is 32.2. The quantitative estimate of drug-likeness (QED) is 0.685. The van der Waals surface area contributed by atoms with E-state index in [1.54, 1.807) is 11.8 Å². The number of piperidine rings is 1. The number of nitrogens with zero attached hydrogens (tertiary/aromatic N) is 4. The van der Waals surface area contributed by atoms with Crippen molar-refractivity contribution in [3.8, 4) is 0 Å². The van der Waals surface area contributed by atoms with Gasteiger partial charge in [-0.05, 0) is 37.1 Å². The van der Waals surface area contributed by atoms with Gasteiger partial charge < -0.3 is 10.7 Å². The minimum atomic E-state index is 0.438. The van der Waals surface area contributed by atoms with Gasteiger partial charge in [0, 0.05) is 12.3 Å². The number of rotatable bonds is 5. The topological polar surface area (TPSA) is 83.7 Å². The van der Waals surface area contributed by atoms with Crippen LogP contribution in [0.3, 0.4) is 0 Å². The van der Waals surface area contributed by atoms with E-state index in [0.29, 0.717) is 17.0 Å². The molecule has 1 fully saturated rings. The number of benzene rings is 1. The highest BCUT2D eigenvalue weighted by Crippen LogP contribution is 2.24. The molecule has 25 heavy (non-hydrogen) atoms. The Kier molecular flexibility index (Phi) is 4.85. The van der Waals surface area contributed by atoms with Crippen molar-refractivity contribution in [1.29, 1.82) is 0 Å². The van der Waals surface area contributed by atoms with Crippen molar-refractivity contribution in [3.63, 3.8) is 0 Å². The van der Waals surface area contributed by atoms with Gasteiger partial charge in [0.05, 0.1) is 0 Å². The van der Waals surface area contributed by atoms with E-state index >= 15 is 0 Å². The monoisotopic (exact) mass is 354 g/mol. The first-order valence-electron chi connectivity index (χ1n) is 8.67. The number of anilines is 1. The molecule has 130 valence electrons. The van der Waals surface area contributed by atoms with Crippen LogP contribution in [-0.4, -0.2) is 37.9 Å². The molecule has 0 unspecified atom stereocenters. The zero-order valence-electron chi connectivity index (χ0n) is 14.1. The summed E-state index contributed by atoms with van der Waals surface area (Å²) < 4.78 is 0. The molecule has 1 aliphatic heterocycles. The normalized spacial score (nSPS) is 15.7. The fourth-order valence-electron chi connectivity index (χ4n) is 3.24. The van der Waals surface area contributed by atoms with Gasteiger partial charge in [-0.1, -0.05) is 42.4 Å². The molecule has 0 radical (unpaired) electrons. The number of hydrogen-bond acceptors (Lipinski definition) is 6. The van der Waals surface area contributed by atoms with Gasteiger partial charge in [-0.25, -0.2) is 15.0 Å². The van der Waals surface area contributed by atoms with Gasteiger partial charge in [0.2, 0.25) is 0 Å².